The molecule has 0 amide bonds. The fourth-order valence-corrected chi connectivity index (χ4v) is 5.48. The predicted molar refractivity (Wildman–Crippen MR) is 165 cm³/mol. The van der Waals surface area contributed by atoms with Crippen LogP contribution in [0, 0.1) is 0 Å². The van der Waals surface area contributed by atoms with Crippen LogP contribution in [0.4, 0.5) is 0 Å². The Hall–Kier alpha value is -3.96. The minimum Gasteiger partial charge on any atom is -0.463 e. The molecular weight excluding hydrogens is 648 g/mol. The molecule has 15 nitrogen and oxygen atoms in total. The summed E-state index contributed by atoms with van der Waals surface area (Å²) in [5.74, 6) is -3.05. The first-order valence-electron chi connectivity index (χ1n) is 15.7. The SMILES string of the molecule is CC(=O)OC[C@H]1O[C@H](OC[C@H]2O[C@H](O)[C@@H](OCc3ccccc3)[C@@H](O)[C@@H]2OCc2ccccc2)[C@@H](OC(C)=O)[C@@H](OC(C)=O)[C@@H]1OC(C)=O. The van der Waals surface area contributed by atoms with Crippen LogP contribution < -0.4 is 0 Å². The van der Waals surface area contributed by atoms with E-state index in [1.165, 1.54) is 0 Å². The lowest BCUT2D eigenvalue weighted by Gasteiger charge is -2.45. The highest BCUT2D eigenvalue weighted by atomic mass is 16.7. The Morgan fingerprint density at radius 1 is 0.571 bits per heavy atom. The zero-order valence-corrected chi connectivity index (χ0v) is 27.6. The topological polar surface area (TPSA) is 192 Å². The van der Waals surface area contributed by atoms with Gasteiger partial charge >= 0.3 is 23.9 Å². The number of aliphatic hydroxyl groups is 2. The molecule has 0 bridgehead atoms. The largest absolute Gasteiger partial charge is 0.463 e. The Morgan fingerprint density at radius 3 is 1.59 bits per heavy atom. The van der Waals surface area contributed by atoms with Crippen LogP contribution in [-0.4, -0.2) is 109 Å². The molecule has 2 aromatic rings. The van der Waals surface area contributed by atoms with Gasteiger partial charge in [-0.25, -0.2) is 0 Å². The van der Waals surface area contributed by atoms with E-state index in [2.05, 4.69) is 0 Å². The third kappa shape index (κ3) is 11.0. The van der Waals surface area contributed by atoms with Crippen molar-refractivity contribution in [1.82, 2.24) is 0 Å². The Labute approximate surface area is 283 Å². The molecule has 0 aromatic heterocycles. The normalized spacial score (nSPS) is 29.8. The first kappa shape index (κ1) is 37.9. The molecule has 0 radical (unpaired) electrons. The molecule has 268 valence electrons. The van der Waals surface area contributed by atoms with Crippen LogP contribution in [0.3, 0.4) is 0 Å². The average molecular weight is 691 g/mol. The molecule has 2 N–H and O–H groups in total. The number of carbonyl (C=O) groups is 4. The standard InChI is InChI=1S/C34H42O15/c1-19(35)41-17-26-29(45-20(2)36)31(46-21(3)37)32(47-22(4)38)34(49-26)44-18-25-28(42-15-23-11-7-5-8-12-23)27(39)30(33(40)48-25)43-16-24-13-9-6-10-14-24/h5-14,25-34,39-40H,15-18H2,1-4H3/t25-,26-,27+,28-,29-,30+,31+,32+,33+,34+/m1/s1. The van der Waals surface area contributed by atoms with Gasteiger partial charge in [-0.3, -0.25) is 19.2 Å². The summed E-state index contributed by atoms with van der Waals surface area (Å²) in [4.78, 5) is 48.1. The second-order valence-corrected chi connectivity index (χ2v) is 11.5. The van der Waals surface area contributed by atoms with Gasteiger partial charge < -0.3 is 52.8 Å². The van der Waals surface area contributed by atoms with Crippen LogP contribution in [0.1, 0.15) is 38.8 Å². The molecule has 2 aliphatic heterocycles. The van der Waals surface area contributed by atoms with Crippen LogP contribution in [0.2, 0.25) is 0 Å². The molecular formula is C34H42O15. The predicted octanol–water partition coefficient (Wildman–Crippen LogP) is 1.34. The monoisotopic (exact) mass is 690 g/mol. The maximum atomic E-state index is 12.2. The van der Waals surface area contributed by atoms with E-state index >= 15 is 0 Å². The molecule has 2 heterocycles. The second-order valence-electron chi connectivity index (χ2n) is 11.5. The number of aliphatic hydroxyl groups excluding tert-OH is 2. The summed E-state index contributed by atoms with van der Waals surface area (Å²) in [6, 6.07) is 18.3. The number of hydrogen-bond donors (Lipinski definition) is 2. The smallest absolute Gasteiger partial charge is 0.303 e. The van der Waals surface area contributed by atoms with Crippen molar-refractivity contribution in [2.24, 2.45) is 0 Å². The number of rotatable bonds is 14. The van der Waals surface area contributed by atoms with Crippen LogP contribution >= 0.6 is 0 Å². The summed E-state index contributed by atoms with van der Waals surface area (Å²) in [6.45, 7) is 3.74. The van der Waals surface area contributed by atoms with E-state index in [1.54, 1.807) is 0 Å². The van der Waals surface area contributed by atoms with Gasteiger partial charge in [0, 0.05) is 27.7 Å². The summed E-state index contributed by atoms with van der Waals surface area (Å²) < 4.78 is 51.3. The molecule has 0 aliphatic carbocycles. The molecule has 2 aliphatic rings. The number of carbonyl (C=O) groups excluding carboxylic acids is 4. The van der Waals surface area contributed by atoms with Crippen molar-refractivity contribution in [3.8, 4) is 0 Å². The molecule has 49 heavy (non-hydrogen) atoms. The number of benzene rings is 2. The molecule has 2 aromatic carbocycles. The number of esters is 4. The lowest BCUT2D eigenvalue weighted by molar-refractivity contribution is -0.335. The highest BCUT2D eigenvalue weighted by molar-refractivity contribution is 5.68. The minimum atomic E-state index is -1.61. The Balaban J connectivity index is 1.58. The lowest BCUT2D eigenvalue weighted by Crippen LogP contribution is -2.64. The molecule has 2 fully saturated rings. The van der Waals surface area contributed by atoms with Gasteiger partial charge in [-0.1, -0.05) is 60.7 Å². The third-order valence-corrected chi connectivity index (χ3v) is 7.58. The first-order valence-corrected chi connectivity index (χ1v) is 15.7. The van der Waals surface area contributed by atoms with Crippen molar-refractivity contribution >= 4 is 23.9 Å². The van der Waals surface area contributed by atoms with Crippen molar-refractivity contribution in [1.29, 1.82) is 0 Å². The summed E-state index contributed by atoms with van der Waals surface area (Å²) in [5, 5.41) is 22.4. The molecule has 4 rings (SSSR count). The van der Waals surface area contributed by atoms with E-state index in [1.807, 2.05) is 60.7 Å². The molecule has 0 unspecified atom stereocenters. The van der Waals surface area contributed by atoms with Gasteiger partial charge in [0.1, 0.15) is 37.1 Å². The third-order valence-electron chi connectivity index (χ3n) is 7.58. The van der Waals surface area contributed by atoms with Gasteiger partial charge in [0.2, 0.25) is 0 Å². The van der Waals surface area contributed by atoms with Crippen LogP contribution in [0.15, 0.2) is 60.7 Å². The Kier molecular flexibility index (Phi) is 14.0. The van der Waals surface area contributed by atoms with Crippen LogP contribution in [-0.2, 0) is 75.0 Å². The maximum absolute atomic E-state index is 12.2. The first-order chi connectivity index (χ1) is 23.4. The van der Waals surface area contributed by atoms with Crippen molar-refractivity contribution in [2.75, 3.05) is 13.2 Å². The maximum Gasteiger partial charge on any atom is 0.303 e. The summed E-state index contributed by atoms with van der Waals surface area (Å²) >= 11 is 0. The molecule has 2 saturated heterocycles. The minimum absolute atomic E-state index is 0.0585. The van der Waals surface area contributed by atoms with E-state index < -0.39 is 98.5 Å². The number of hydrogen-bond acceptors (Lipinski definition) is 15. The van der Waals surface area contributed by atoms with E-state index in [4.69, 9.17) is 42.6 Å². The summed E-state index contributed by atoms with van der Waals surface area (Å²) in [7, 11) is 0. The van der Waals surface area contributed by atoms with Gasteiger partial charge in [-0.2, -0.15) is 0 Å². The van der Waals surface area contributed by atoms with Gasteiger partial charge in [0.15, 0.2) is 30.9 Å². The van der Waals surface area contributed by atoms with Crippen molar-refractivity contribution in [2.45, 2.75) is 102 Å². The van der Waals surface area contributed by atoms with Crippen LogP contribution in [0.25, 0.3) is 0 Å². The lowest BCUT2D eigenvalue weighted by atomic mass is 9.97. The average Bonchev–Trinajstić information content (AvgIpc) is 3.05. The fourth-order valence-electron chi connectivity index (χ4n) is 5.48. The van der Waals surface area contributed by atoms with E-state index in [0.717, 1.165) is 38.8 Å². The molecule has 0 spiro atoms. The van der Waals surface area contributed by atoms with Gasteiger partial charge in [0.25, 0.3) is 0 Å². The molecule has 15 heteroatoms. The highest BCUT2D eigenvalue weighted by Crippen LogP contribution is 2.32. The van der Waals surface area contributed by atoms with Crippen LogP contribution in [0.5, 0.6) is 0 Å². The van der Waals surface area contributed by atoms with Gasteiger partial charge in [-0.15, -0.1) is 0 Å². The Bertz CT molecular complexity index is 1370. The molecule has 0 saturated carbocycles. The van der Waals surface area contributed by atoms with E-state index in [-0.39, 0.29) is 13.2 Å². The zero-order chi connectivity index (χ0) is 35.5. The highest BCUT2D eigenvalue weighted by Gasteiger charge is 2.54. The van der Waals surface area contributed by atoms with Crippen molar-refractivity contribution in [3.63, 3.8) is 0 Å². The van der Waals surface area contributed by atoms with Crippen molar-refractivity contribution in [3.05, 3.63) is 71.8 Å². The summed E-state index contributed by atoms with van der Waals surface area (Å²) in [5.41, 5.74) is 1.60. The molecule has 10 atom stereocenters. The van der Waals surface area contributed by atoms with Gasteiger partial charge in [0.05, 0.1) is 19.8 Å². The zero-order valence-electron chi connectivity index (χ0n) is 27.6. The van der Waals surface area contributed by atoms with E-state index in [9.17, 15) is 29.4 Å². The van der Waals surface area contributed by atoms with Crippen molar-refractivity contribution < 1.29 is 72.0 Å². The quantitative estimate of drug-likeness (QED) is 0.213. The summed E-state index contributed by atoms with van der Waals surface area (Å²) in [6.07, 6.45) is -13.5. The fraction of sp³-hybridized carbons (Fsp3) is 0.529. The van der Waals surface area contributed by atoms with E-state index in [0.29, 0.717) is 0 Å². The van der Waals surface area contributed by atoms with Gasteiger partial charge in [-0.05, 0) is 11.1 Å². The Morgan fingerprint density at radius 2 is 1.06 bits per heavy atom. The second kappa shape index (κ2) is 18.2. The number of ether oxygens (including phenoxy) is 9.